The van der Waals surface area contributed by atoms with Gasteiger partial charge in [0.1, 0.15) is 11.6 Å². The lowest BCUT2D eigenvalue weighted by Gasteiger charge is -2.38. The first kappa shape index (κ1) is 20.0. The lowest BCUT2D eigenvalue weighted by molar-refractivity contribution is -0.179. The molecule has 0 unspecified atom stereocenters. The molecule has 0 bridgehead atoms. The van der Waals surface area contributed by atoms with Crippen LogP contribution in [0.4, 0.5) is 4.39 Å². The van der Waals surface area contributed by atoms with Crippen molar-refractivity contribution in [2.75, 3.05) is 27.3 Å². The number of Topliss-reactive ketones (excluding diaryl/α,β-unsaturated/α-hetero) is 1. The Balaban J connectivity index is 2.13. The monoisotopic (exact) mass is 415 g/mol. The van der Waals surface area contributed by atoms with Crippen LogP contribution in [-0.2, 0) is 25.6 Å². The second-order valence-corrected chi connectivity index (χ2v) is 7.32. The van der Waals surface area contributed by atoms with Crippen molar-refractivity contribution < 1.29 is 23.6 Å². The van der Waals surface area contributed by atoms with Crippen molar-refractivity contribution in [2.45, 2.75) is 32.6 Å². The molecule has 0 saturated carbocycles. The van der Waals surface area contributed by atoms with Crippen LogP contribution in [-0.4, -0.2) is 44.1 Å². The minimum absolute atomic E-state index is 0.0575. The zero-order chi connectivity index (χ0) is 18.6. The molecule has 0 N–H and O–H groups in total. The van der Waals surface area contributed by atoms with Gasteiger partial charge in [0.25, 0.3) is 0 Å². The Hall–Kier alpha value is -1.31. The van der Waals surface area contributed by atoms with Gasteiger partial charge in [0, 0.05) is 25.9 Å². The van der Waals surface area contributed by atoms with E-state index in [4.69, 9.17) is 9.57 Å². The zero-order valence-corrected chi connectivity index (χ0v) is 16.3. The number of benzene rings is 1. The summed E-state index contributed by atoms with van der Waals surface area (Å²) in [5, 5.41) is 1.77. The van der Waals surface area contributed by atoms with E-state index in [-0.39, 0.29) is 30.4 Å². The Morgan fingerprint density at radius 2 is 1.92 bits per heavy atom. The highest BCUT2D eigenvalue weighted by Crippen LogP contribution is 2.37. The molecule has 0 aliphatic carbocycles. The molecule has 5 nitrogen and oxygen atoms in total. The number of hydrogen-bond acceptors (Lipinski definition) is 5. The van der Waals surface area contributed by atoms with Crippen LogP contribution in [0.3, 0.4) is 0 Å². The maximum atomic E-state index is 13.5. The van der Waals surface area contributed by atoms with Gasteiger partial charge in [-0.05, 0) is 59.0 Å². The molecular weight excluding hydrogens is 393 g/mol. The molecular formula is C18H23BrFNO4. The Bertz CT molecular complexity index is 657. The molecule has 138 valence electrons. The largest absolute Gasteiger partial charge is 0.469 e. The van der Waals surface area contributed by atoms with Crippen molar-refractivity contribution in [1.29, 1.82) is 0 Å². The summed E-state index contributed by atoms with van der Waals surface area (Å²) in [5.41, 5.74) is 0.662. The van der Waals surface area contributed by atoms with E-state index in [0.29, 0.717) is 30.4 Å². The number of methoxy groups -OCH3 is 1. The fourth-order valence-electron chi connectivity index (χ4n) is 3.30. The second kappa shape index (κ2) is 8.38. The van der Waals surface area contributed by atoms with E-state index in [1.54, 1.807) is 25.2 Å². The van der Waals surface area contributed by atoms with E-state index in [2.05, 4.69) is 15.9 Å². The van der Waals surface area contributed by atoms with Crippen LogP contribution in [0.1, 0.15) is 30.4 Å². The molecule has 1 aromatic carbocycles. The summed E-state index contributed by atoms with van der Waals surface area (Å²) in [6.07, 6.45) is 1.29. The highest BCUT2D eigenvalue weighted by molar-refractivity contribution is 9.10. The molecule has 0 atom stereocenters. The highest BCUT2D eigenvalue weighted by Gasteiger charge is 2.44. The number of ether oxygens (including phenoxy) is 1. The van der Waals surface area contributed by atoms with Crippen LogP contribution in [0.25, 0.3) is 0 Å². The standard InChI is InChI=1S/C18H23BrFNO4/c1-12-8-16(20)15(19)10-13(12)9-14(22)11-18(17(23)24-2)4-6-21(25-3)7-5-18/h8,10H,4-7,9,11H2,1-3H3. The third-order valence-corrected chi connectivity index (χ3v) is 5.47. The average molecular weight is 416 g/mol. The first-order chi connectivity index (χ1) is 11.8. The minimum Gasteiger partial charge on any atom is -0.469 e. The first-order valence-corrected chi connectivity index (χ1v) is 8.94. The van der Waals surface area contributed by atoms with Crippen LogP contribution in [0.15, 0.2) is 16.6 Å². The lowest BCUT2D eigenvalue weighted by Crippen LogP contribution is -2.45. The fourth-order valence-corrected chi connectivity index (χ4v) is 3.69. The number of hydrogen-bond donors (Lipinski definition) is 0. The Morgan fingerprint density at radius 3 is 2.48 bits per heavy atom. The summed E-state index contributed by atoms with van der Waals surface area (Å²) in [6, 6.07) is 3.03. The van der Waals surface area contributed by atoms with Gasteiger partial charge in [-0.3, -0.25) is 9.59 Å². The SMILES string of the molecule is COC(=O)C1(CC(=O)Cc2cc(Br)c(F)cc2C)CCN(OC)CC1. The van der Waals surface area contributed by atoms with Crippen LogP contribution in [0, 0.1) is 18.2 Å². The highest BCUT2D eigenvalue weighted by atomic mass is 79.9. The molecule has 1 heterocycles. The Kier molecular flexibility index (Phi) is 6.71. The van der Waals surface area contributed by atoms with Crippen molar-refractivity contribution in [2.24, 2.45) is 5.41 Å². The van der Waals surface area contributed by atoms with Gasteiger partial charge in [0.2, 0.25) is 0 Å². The smallest absolute Gasteiger partial charge is 0.312 e. The zero-order valence-electron chi connectivity index (χ0n) is 14.7. The van der Waals surface area contributed by atoms with E-state index in [9.17, 15) is 14.0 Å². The topological polar surface area (TPSA) is 55.8 Å². The van der Waals surface area contributed by atoms with Gasteiger partial charge in [0.05, 0.1) is 24.1 Å². The summed E-state index contributed by atoms with van der Waals surface area (Å²) < 4.78 is 18.8. The number of carbonyl (C=O) groups excluding carboxylic acids is 2. The molecule has 1 fully saturated rings. The molecule has 7 heteroatoms. The molecule has 2 rings (SSSR count). The molecule has 0 radical (unpaired) electrons. The number of halogens is 2. The van der Waals surface area contributed by atoms with Crippen molar-refractivity contribution in [3.8, 4) is 0 Å². The van der Waals surface area contributed by atoms with Crippen LogP contribution >= 0.6 is 15.9 Å². The van der Waals surface area contributed by atoms with Gasteiger partial charge in [-0.25, -0.2) is 4.39 Å². The van der Waals surface area contributed by atoms with E-state index < -0.39 is 5.41 Å². The number of piperidine rings is 1. The molecule has 25 heavy (non-hydrogen) atoms. The van der Waals surface area contributed by atoms with Crippen LogP contribution in [0.5, 0.6) is 0 Å². The number of aryl methyl sites for hydroxylation is 1. The molecule has 1 saturated heterocycles. The molecule has 1 aliphatic heterocycles. The van der Waals surface area contributed by atoms with Gasteiger partial charge in [-0.15, -0.1) is 0 Å². The fraction of sp³-hybridized carbons (Fsp3) is 0.556. The lowest BCUT2D eigenvalue weighted by atomic mass is 9.74. The summed E-state index contributed by atoms with van der Waals surface area (Å²) in [7, 11) is 2.93. The number of carbonyl (C=O) groups is 2. The van der Waals surface area contributed by atoms with Crippen molar-refractivity contribution >= 4 is 27.7 Å². The van der Waals surface area contributed by atoms with Gasteiger partial charge >= 0.3 is 5.97 Å². The molecule has 0 amide bonds. The van der Waals surface area contributed by atoms with Gasteiger partial charge in [-0.1, -0.05) is 0 Å². The summed E-state index contributed by atoms with van der Waals surface area (Å²) in [4.78, 5) is 30.2. The number of rotatable bonds is 6. The number of hydroxylamine groups is 2. The minimum atomic E-state index is -0.813. The van der Waals surface area contributed by atoms with Crippen molar-refractivity contribution in [3.63, 3.8) is 0 Å². The van der Waals surface area contributed by atoms with Crippen LogP contribution < -0.4 is 0 Å². The number of nitrogens with zero attached hydrogens (tertiary/aromatic N) is 1. The van der Waals surface area contributed by atoms with Crippen LogP contribution in [0.2, 0.25) is 0 Å². The quantitative estimate of drug-likeness (QED) is 0.667. The summed E-state index contributed by atoms with van der Waals surface area (Å²) in [6.45, 7) is 2.91. The maximum absolute atomic E-state index is 13.5. The van der Waals surface area contributed by atoms with E-state index >= 15 is 0 Å². The second-order valence-electron chi connectivity index (χ2n) is 6.47. The predicted octanol–water partition coefficient (Wildman–Crippen LogP) is 3.21. The third-order valence-electron chi connectivity index (χ3n) is 4.86. The van der Waals surface area contributed by atoms with Gasteiger partial charge in [-0.2, -0.15) is 5.06 Å². The third kappa shape index (κ3) is 4.65. The Morgan fingerprint density at radius 1 is 1.28 bits per heavy atom. The molecule has 0 aromatic heterocycles. The molecule has 0 spiro atoms. The molecule has 1 aromatic rings. The van der Waals surface area contributed by atoms with Crippen molar-refractivity contribution in [1.82, 2.24) is 5.06 Å². The van der Waals surface area contributed by atoms with Gasteiger partial charge < -0.3 is 9.57 Å². The maximum Gasteiger partial charge on any atom is 0.312 e. The molecule has 1 aliphatic rings. The number of ketones is 1. The van der Waals surface area contributed by atoms with Crippen molar-refractivity contribution in [3.05, 3.63) is 33.5 Å². The van der Waals surface area contributed by atoms with E-state index in [0.717, 1.165) is 11.1 Å². The predicted molar refractivity (Wildman–Crippen MR) is 94.4 cm³/mol. The average Bonchev–Trinajstić information content (AvgIpc) is 2.59. The summed E-state index contributed by atoms with van der Waals surface area (Å²) in [5.74, 6) is -0.766. The normalized spacial score (nSPS) is 17.3. The van der Waals surface area contributed by atoms with Gasteiger partial charge in [0.15, 0.2) is 0 Å². The first-order valence-electron chi connectivity index (χ1n) is 8.15. The number of esters is 1. The Labute approximate surface area is 155 Å². The van der Waals surface area contributed by atoms with E-state index in [1.807, 2.05) is 0 Å². The van der Waals surface area contributed by atoms with E-state index in [1.165, 1.54) is 13.2 Å². The summed E-state index contributed by atoms with van der Waals surface area (Å²) >= 11 is 3.15.